The summed E-state index contributed by atoms with van der Waals surface area (Å²) in [6.07, 6.45) is 2.55. The maximum absolute atomic E-state index is 9.70. The van der Waals surface area contributed by atoms with Gasteiger partial charge in [0.15, 0.2) is 6.29 Å². The number of ether oxygens (including phenoxy) is 4. The smallest absolute Gasteiger partial charge is 0.213 e. The molecule has 180 valence electrons. The molecule has 0 aromatic heterocycles. The van der Waals surface area contributed by atoms with Crippen molar-refractivity contribution < 1.29 is 24.1 Å². The van der Waals surface area contributed by atoms with Crippen LogP contribution in [0, 0.1) is 6.92 Å². The van der Waals surface area contributed by atoms with Crippen LogP contribution in [0.5, 0.6) is 11.5 Å². The highest BCUT2D eigenvalue weighted by atomic mass is 35.6. The second-order valence-corrected chi connectivity index (χ2v) is 11.9. The number of unbranched alkanes of at least 4 members (excludes halogenated alkanes) is 2. The minimum Gasteiger partial charge on any atom is -0.508 e. The van der Waals surface area contributed by atoms with Gasteiger partial charge in [0, 0.05) is 6.61 Å². The number of hydrogen-bond acceptors (Lipinski definition) is 5. The molecule has 0 atom stereocenters. The van der Waals surface area contributed by atoms with Gasteiger partial charge in [0.1, 0.15) is 11.5 Å². The molecule has 0 unspecified atom stereocenters. The van der Waals surface area contributed by atoms with Gasteiger partial charge >= 0.3 is 0 Å². The summed E-state index contributed by atoms with van der Waals surface area (Å²) in [6, 6.07) is 3.44. The SMILES string of the molecule is CCc1cc(O)cc(C)c1OCCCCCOCC(OCC(Cl)(Cl)Cl)OCC(Cl)(Cl)Cl. The van der Waals surface area contributed by atoms with Crippen LogP contribution >= 0.6 is 69.6 Å². The normalized spacial score (nSPS) is 12.5. The van der Waals surface area contributed by atoms with Gasteiger partial charge in [0.05, 0.1) is 26.4 Å². The van der Waals surface area contributed by atoms with Gasteiger partial charge in [-0.25, -0.2) is 0 Å². The third-order valence-electron chi connectivity index (χ3n) is 4.02. The van der Waals surface area contributed by atoms with Crippen molar-refractivity contribution in [2.24, 2.45) is 0 Å². The Bertz CT molecular complexity index is 630. The predicted octanol–water partition coefficient (Wildman–Crippen LogP) is 6.93. The molecular formula is C20H28Cl6O5. The van der Waals surface area contributed by atoms with Crippen molar-refractivity contribution in [1.82, 2.24) is 0 Å². The molecule has 0 radical (unpaired) electrons. The van der Waals surface area contributed by atoms with Crippen molar-refractivity contribution in [3.8, 4) is 11.5 Å². The molecule has 0 heterocycles. The van der Waals surface area contributed by atoms with Gasteiger partial charge in [-0.1, -0.05) is 76.5 Å². The van der Waals surface area contributed by atoms with E-state index in [1.807, 2.05) is 13.8 Å². The molecule has 0 bridgehead atoms. The Kier molecular flexibility index (Phi) is 13.9. The van der Waals surface area contributed by atoms with Crippen LogP contribution in [0.1, 0.15) is 37.3 Å². The molecule has 0 aliphatic heterocycles. The minimum atomic E-state index is -1.59. The van der Waals surface area contributed by atoms with E-state index in [9.17, 15) is 5.11 Å². The van der Waals surface area contributed by atoms with Gasteiger partial charge in [-0.3, -0.25) is 0 Å². The number of hydrogen-bond donors (Lipinski definition) is 1. The summed E-state index contributed by atoms with van der Waals surface area (Å²) < 4.78 is 19.1. The van der Waals surface area contributed by atoms with Gasteiger partial charge < -0.3 is 24.1 Å². The van der Waals surface area contributed by atoms with Crippen molar-refractivity contribution in [2.75, 3.05) is 33.0 Å². The third-order valence-corrected chi connectivity index (χ3v) is 4.67. The van der Waals surface area contributed by atoms with Crippen LogP contribution in [0.3, 0.4) is 0 Å². The van der Waals surface area contributed by atoms with E-state index in [1.165, 1.54) is 0 Å². The summed E-state index contributed by atoms with van der Waals surface area (Å²) in [6.45, 7) is 4.74. The van der Waals surface area contributed by atoms with Crippen LogP contribution in [0.25, 0.3) is 0 Å². The summed E-state index contributed by atoms with van der Waals surface area (Å²) in [5.41, 5.74) is 1.92. The number of rotatable bonds is 14. The molecule has 31 heavy (non-hydrogen) atoms. The second-order valence-electron chi connectivity index (χ2n) is 6.87. The lowest BCUT2D eigenvalue weighted by Gasteiger charge is -2.22. The van der Waals surface area contributed by atoms with E-state index in [-0.39, 0.29) is 25.6 Å². The standard InChI is InChI=1S/C20H28Cl6O5/c1-3-15-10-16(27)9-14(2)18(15)29-8-6-4-5-7-28-11-17(30-12-19(21,22)23)31-13-20(24,25)26/h9-10,17,27H,3-8,11-13H2,1-2H3. The highest BCUT2D eigenvalue weighted by Gasteiger charge is 2.26. The Morgan fingerprint density at radius 3 is 2.03 bits per heavy atom. The van der Waals surface area contributed by atoms with Gasteiger partial charge in [-0.2, -0.15) is 0 Å². The fraction of sp³-hybridized carbons (Fsp3) is 0.700. The number of benzene rings is 1. The molecule has 1 aromatic carbocycles. The Balaban J connectivity index is 2.28. The lowest BCUT2D eigenvalue weighted by molar-refractivity contribution is -0.170. The number of aromatic hydroxyl groups is 1. The summed E-state index contributed by atoms with van der Waals surface area (Å²) in [5.74, 6) is 1.10. The first-order chi connectivity index (χ1) is 14.4. The molecule has 0 aliphatic carbocycles. The molecule has 0 fully saturated rings. The van der Waals surface area contributed by atoms with Crippen LogP contribution in [0.15, 0.2) is 12.1 Å². The average molecular weight is 561 g/mol. The maximum Gasteiger partial charge on any atom is 0.213 e. The second kappa shape index (κ2) is 14.6. The average Bonchev–Trinajstić information content (AvgIpc) is 2.64. The van der Waals surface area contributed by atoms with Crippen molar-refractivity contribution in [3.63, 3.8) is 0 Å². The molecule has 11 heteroatoms. The van der Waals surface area contributed by atoms with Gasteiger partial charge in [0.2, 0.25) is 7.59 Å². The van der Waals surface area contributed by atoms with E-state index < -0.39 is 13.9 Å². The van der Waals surface area contributed by atoms with E-state index in [0.29, 0.717) is 13.2 Å². The molecular weight excluding hydrogens is 533 g/mol. The largest absolute Gasteiger partial charge is 0.508 e. The number of phenolic OH excluding ortho intramolecular Hbond substituents is 1. The van der Waals surface area contributed by atoms with Crippen LogP contribution in [-0.4, -0.2) is 52.0 Å². The maximum atomic E-state index is 9.70. The molecule has 1 N–H and O–H groups in total. The predicted molar refractivity (Wildman–Crippen MR) is 129 cm³/mol. The molecule has 5 nitrogen and oxygen atoms in total. The monoisotopic (exact) mass is 558 g/mol. The summed E-state index contributed by atoms with van der Waals surface area (Å²) >= 11 is 34.1. The van der Waals surface area contributed by atoms with Crippen LogP contribution in [0.2, 0.25) is 0 Å². The summed E-state index contributed by atoms with van der Waals surface area (Å²) in [7, 11) is 0. The van der Waals surface area contributed by atoms with Crippen LogP contribution in [-0.2, 0) is 20.6 Å². The van der Waals surface area contributed by atoms with E-state index in [0.717, 1.165) is 42.6 Å². The van der Waals surface area contributed by atoms with E-state index in [4.69, 9.17) is 88.6 Å². The van der Waals surface area contributed by atoms with Crippen molar-refractivity contribution in [3.05, 3.63) is 23.3 Å². The first-order valence-corrected chi connectivity index (χ1v) is 12.1. The van der Waals surface area contributed by atoms with E-state index >= 15 is 0 Å². The van der Waals surface area contributed by atoms with E-state index in [1.54, 1.807) is 12.1 Å². The first kappa shape index (κ1) is 29.5. The lowest BCUT2D eigenvalue weighted by atomic mass is 10.1. The zero-order valence-corrected chi connectivity index (χ0v) is 22.0. The van der Waals surface area contributed by atoms with E-state index in [2.05, 4.69) is 0 Å². The fourth-order valence-electron chi connectivity index (χ4n) is 2.65. The Hall–Kier alpha value is 0.440. The number of alkyl halides is 6. The summed E-state index contributed by atoms with van der Waals surface area (Å²) in [4.78, 5) is 0. The van der Waals surface area contributed by atoms with Crippen molar-refractivity contribution >= 4 is 69.6 Å². The first-order valence-electron chi connectivity index (χ1n) is 9.81. The zero-order valence-electron chi connectivity index (χ0n) is 17.4. The number of phenols is 1. The molecule has 0 saturated carbocycles. The van der Waals surface area contributed by atoms with Crippen LogP contribution < -0.4 is 4.74 Å². The number of halogens is 6. The Morgan fingerprint density at radius 2 is 1.48 bits per heavy atom. The fourth-order valence-corrected chi connectivity index (χ4v) is 3.03. The highest BCUT2D eigenvalue weighted by Crippen LogP contribution is 2.30. The van der Waals surface area contributed by atoms with Crippen LogP contribution in [0.4, 0.5) is 0 Å². The summed E-state index contributed by atoms with van der Waals surface area (Å²) in [5, 5.41) is 9.70. The van der Waals surface area contributed by atoms with Gasteiger partial charge in [0.25, 0.3) is 0 Å². The van der Waals surface area contributed by atoms with Crippen molar-refractivity contribution in [2.45, 2.75) is 53.4 Å². The molecule has 0 amide bonds. The highest BCUT2D eigenvalue weighted by molar-refractivity contribution is 6.68. The Labute approximate surface area is 214 Å². The zero-order chi connectivity index (χ0) is 23.5. The molecule has 1 rings (SSSR count). The molecule has 1 aromatic rings. The molecule has 0 aliphatic rings. The van der Waals surface area contributed by atoms with Crippen molar-refractivity contribution in [1.29, 1.82) is 0 Å². The van der Waals surface area contributed by atoms with Gasteiger partial charge in [-0.05, 0) is 55.9 Å². The molecule has 0 saturated heterocycles. The Morgan fingerprint density at radius 1 is 0.903 bits per heavy atom. The number of aryl methyl sites for hydroxylation is 2. The lowest BCUT2D eigenvalue weighted by Crippen LogP contribution is -2.31. The molecule has 0 spiro atoms. The third kappa shape index (κ3) is 14.3. The quantitative estimate of drug-likeness (QED) is 0.152. The topological polar surface area (TPSA) is 57.2 Å². The van der Waals surface area contributed by atoms with Gasteiger partial charge in [-0.15, -0.1) is 0 Å². The minimum absolute atomic E-state index is 0.102.